The van der Waals surface area contributed by atoms with Crippen molar-refractivity contribution in [3.63, 3.8) is 0 Å². The molecule has 2 heterocycles. The summed E-state index contributed by atoms with van der Waals surface area (Å²) in [6.45, 7) is 1.75. The van der Waals surface area contributed by atoms with Crippen molar-refractivity contribution in [2.24, 2.45) is 0 Å². The number of benzene rings is 2. The second-order valence-corrected chi connectivity index (χ2v) is 7.39. The zero-order valence-corrected chi connectivity index (χ0v) is 16.3. The van der Waals surface area contributed by atoms with E-state index in [2.05, 4.69) is 28.1 Å². The van der Waals surface area contributed by atoms with Crippen molar-refractivity contribution in [3.8, 4) is 0 Å². The molecule has 7 heteroatoms. The van der Waals surface area contributed by atoms with Gasteiger partial charge in [-0.25, -0.2) is 0 Å². The lowest BCUT2D eigenvalue weighted by molar-refractivity contribution is -0.136. The fraction of sp³-hybridized carbons (Fsp3) is 0.318. The lowest BCUT2D eigenvalue weighted by Gasteiger charge is -2.29. The molecule has 2 aromatic rings. The number of hydrogen-bond acceptors (Lipinski definition) is 5. The smallest absolute Gasteiger partial charge is 0.255 e. The second-order valence-electron chi connectivity index (χ2n) is 7.39. The molecule has 1 unspecified atom stereocenters. The highest BCUT2D eigenvalue weighted by molar-refractivity contribution is 6.05. The molecule has 2 aromatic carbocycles. The molecular formula is C22H24N4O3. The maximum absolute atomic E-state index is 12.9. The predicted octanol–water partition coefficient (Wildman–Crippen LogP) is 1.78. The van der Waals surface area contributed by atoms with Crippen molar-refractivity contribution in [1.82, 2.24) is 15.5 Å². The highest BCUT2D eigenvalue weighted by Crippen LogP contribution is 2.29. The van der Waals surface area contributed by atoms with Gasteiger partial charge in [-0.15, -0.1) is 0 Å². The predicted molar refractivity (Wildman–Crippen MR) is 109 cm³/mol. The summed E-state index contributed by atoms with van der Waals surface area (Å²) in [6, 6.07) is 13.3. The van der Waals surface area contributed by atoms with E-state index in [0.29, 0.717) is 25.1 Å². The van der Waals surface area contributed by atoms with E-state index in [1.54, 1.807) is 4.90 Å². The number of amides is 3. The van der Waals surface area contributed by atoms with Gasteiger partial charge in [-0.2, -0.15) is 0 Å². The van der Waals surface area contributed by atoms with Gasteiger partial charge < -0.3 is 15.5 Å². The number of fused-ring (bicyclic) bond motifs is 1. The Hall–Kier alpha value is -3.19. The third-order valence-corrected chi connectivity index (χ3v) is 5.57. The van der Waals surface area contributed by atoms with E-state index >= 15 is 0 Å². The summed E-state index contributed by atoms with van der Waals surface area (Å²) in [5.74, 6) is -0.797. The molecule has 0 bridgehead atoms. The normalized spacial score (nSPS) is 18.6. The first-order chi connectivity index (χ1) is 14.1. The molecule has 150 valence electrons. The van der Waals surface area contributed by atoms with Gasteiger partial charge in [0, 0.05) is 44.4 Å². The molecule has 1 atom stereocenters. The first-order valence-corrected chi connectivity index (χ1v) is 9.79. The Balaban J connectivity index is 1.43. The van der Waals surface area contributed by atoms with Crippen LogP contribution in [0.3, 0.4) is 0 Å². The minimum absolute atomic E-state index is 0.140. The molecule has 1 saturated heterocycles. The van der Waals surface area contributed by atoms with Gasteiger partial charge in [-0.3, -0.25) is 19.7 Å². The van der Waals surface area contributed by atoms with Crippen LogP contribution in [0.25, 0.3) is 0 Å². The lowest BCUT2D eigenvalue weighted by atomic mass is 10.0. The van der Waals surface area contributed by atoms with E-state index < -0.39 is 6.04 Å². The summed E-state index contributed by atoms with van der Waals surface area (Å²) < 4.78 is 0. The Morgan fingerprint density at radius 3 is 2.59 bits per heavy atom. The first kappa shape index (κ1) is 19.1. The largest absolute Gasteiger partial charge is 0.388 e. The van der Waals surface area contributed by atoms with E-state index in [4.69, 9.17) is 0 Å². The van der Waals surface area contributed by atoms with E-state index in [0.717, 1.165) is 23.4 Å². The van der Waals surface area contributed by atoms with Crippen LogP contribution in [0.2, 0.25) is 0 Å². The SMILES string of the molecule is CNc1ccc(CNCc2cccc3c2CN(C2CCC(=O)NC2=O)C3=O)cc1. The highest BCUT2D eigenvalue weighted by atomic mass is 16.2. The van der Waals surface area contributed by atoms with Gasteiger partial charge in [0.25, 0.3) is 5.91 Å². The van der Waals surface area contributed by atoms with Crippen LogP contribution < -0.4 is 16.0 Å². The molecule has 3 amide bonds. The Morgan fingerprint density at radius 1 is 1.07 bits per heavy atom. The standard InChI is InChI=1S/C22H24N4O3/c1-23-16-7-5-14(6-8-16)11-24-12-15-3-2-4-17-18(15)13-26(22(17)29)19-9-10-20(27)25-21(19)28/h2-8,19,23-24H,9-13H2,1H3,(H,25,27,28). The van der Waals surface area contributed by atoms with Crippen molar-refractivity contribution in [2.75, 3.05) is 12.4 Å². The van der Waals surface area contributed by atoms with Crippen LogP contribution in [-0.4, -0.2) is 35.7 Å². The maximum atomic E-state index is 12.9. The molecule has 3 N–H and O–H groups in total. The average Bonchev–Trinajstić information content (AvgIpc) is 3.06. The molecule has 0 saturated carbocycles. The van der Waals surface area contributed by atoms with Crippen molar-refractivity contribution >= 4 is 23.4 Å². The average molecular weight is 392 g/mol. The zero-order valence-electron chi connectivity index (χ0n) is 16.3. The molecular weight excluding hydrogens is 368 g/mol. The van der Waals surface area contributed by atoms with Crippen molar-refractivity contribution < 1.29 is 14.4 Å². The molecule has 0 aromatic heterocycles. The topological polar surface area (TPSA) is 90.5 Å². The van der Waals surface area contributed by atoms with Crippen LogP contribution in [0.1, 0.15) is 39.9 Å². The third kappa shape index (κ3) is 3.86. The fourth-order valence-electron chi connectivity index (χ4n) is 3.95. The summed E-state index contributed by atoms with van der Waals surface area (Å²) in [7, 11) is 1.89. The Bertz CT molecular complexity index is 955. The second kappa shape index (κ2) is 8.05. The number of nitrogens with zero attached hydrogens (tertiary/aromatic N) is 1. The highest BCUT2D eigenvalue weighted by Gasteiger charge is 2.39. The third-order valence-electron chi connectivity index (χ3n) is 5.57. The van der Waals surface area contributed by atoms with Crippen LogP contribution in [0.4, 0.5) is 5.69 Å². The molecule has 0 aliphatic carbocycles. The van der Waals surface area contributed by atoms with E-state index in [-0.39, 0.29) is 24.1 Å². The van der Waals surface area contributed by atoms with Crippen LogP contribution in [0.5, 0.6) is 0 Å². The number of rotatable bonds is 6. The monoisotopic (exact) mass is 392 g/mol. The number of nitrogens with one attached hydrogen (secondary N) is 3. The minimum atomic E-state index is -0.584. The van der Waals surface area contributed by atoms with Gasteiger partial charge in [-0.1, -0.05) is 24.3 Å². The Morgan fingerprint density at radius 2 is 1.86 bits per heavy atom. The van der Waals surface area contributed by atoms with Crippen molar-refractivity contribution in [3.05, 3.63) is 64.7 Å². The van der Waals surface area contributed by atoms with Gasteiger partial charge in [0.1, 0.15) is 6.04 Å². The van der Waals surface area contributed by atoms with Crippen LogP contribution in [0.15, 0.2) is 42.5 Å². The maximum Gasteiger partial charge on any atom is 0.255 e. The molecule has 1 fully saturated rings. The van der Waals surface area contributed by atoms with Crippen LogP contribution >= 0.6 is 0 Å². The van der Waals surface area contributed by atoms with E-state index in [1.807, 2.05) is 37.4 Å². The molecule has 0 spiro atoms. The molecule has 2 aliphatic rings. The van der Waals surface area contributed by atoms with E-state index in [1.165, 1.54) is 5.56 Å². The summed E-state index contributed by atoms with van der Waals surface area (Å²) in [4.78, 5) is 38.1. The number of anilines is 1. The number of carbonyl (C=O) groups is 3. The number of imide groups is 1. The van der Waals surface area contributed by atoms with Gasteiger partial charge in [0.2, 0.25) is 11.8 Å². The Labute approximate surface area is 169 Å². The van der Waals surface area contributed by atoms with Crippen molar-refractivity contribution in [1.29, 1.82) is 0 Å². The number of piperidine rings is 1. The number of carbonyl (C=O) groups excluding carboxylic acids is 3. The number of hydrogen-bond donors (Lipinski definition) is 3. The molecule has 2 aliphatic heterocycles. The Kier molecular flexibility index (Phi) is 5.31. The molecule has 4 rings (SSSR count). The molecule has 7 nitrogen and oxygen atoms in total. The quantitative estimate of drug-likeness (QED) is 0.652. The van der Waals surface area contributed by atoms with Gasteiger partial charge in [0.05, 0.1) is 0 Å². The molecule has 29 heavy (non-hydrogen) atoms. The summed E-state index contributed by atoms with van der Waals surface area (Å²) in [5, 5.41) is 8.88. The first-order valence-electron chi connectivity index (χ1n) is 9.79. The zero-order chi connectivity index (χ0) is 20.4. The minimum Gasteiger partial charge on any atom is -0.388 e. The lowest BCUT2D eigenvalue weighted by Crippen LogP contribution is -2.52. The summed E-state index contributed by atoms with van der Waals surface area (Å²) >= 11 is 0. The van der Waals surface area contributed by atoms with Crippen molar-refractivity contribution in [2.45, 2.75) is 38.5 Å². The van der Waals surface area contributed by atoms with E-state index in [9.17, 15) is 14.4 Å². The van der Waals surface area contributed by atoms with Gasteiger partial charge in [0.15, 0.2) is 0 Å². The summed E-state index contributed by atoms with van der Waals surface area (Å²) in [5.41, 5.74) is 4.91. The summed E-state index contributed by atoms with van der Waals surface area (Å²) in [6.07, 6.45) is 0.637. The van der Waals surface area contributed by atoms with Gasteiger partial charge in [-0.05, 0) is 41.3 Å². The molecule has 0 radical (unpaired) electrons. The fourth-order valence-corrected chi connectivity index (χ4v) is 3.95. The van der Waals surface area contributed by atoms with Crippen LogP contribution in [0, 0.1) is 0 Å². The van der Waals surface area contributed by atoms with Gasteiger partial charge >= 0.3 is 0 Å². The van der Waals surface area contributed by atoms with Crippen LogP contribution in [-0.2, 0) is 29.2 Å².